The molecule has 0 atom stereocenters. The fraction of sp³-hybridized carbons (Fsp3) is 0.111. The molecule has 1 aromatic rings. The standard InChI is InChI=1S/C9H6BrCl2F/c1-5(4-11)8-6(10)2-3-7(12)9(8)13/h2-3H,1,4H2. The van der Waals surface area contributed by atoms with Gasteiger partial charge in [0.2, 0.25) is 0 Å². The highest BCUT2D eigenvalue weighted by Gasteiger charge is 2.12. The number of hydrogen-bond donors (Lipinski definition) is 0. The van der Waals surface area contributed by atoms with Crippen LogP contribution in [0.3, 0.4) is 0 Å². The van der Waals surface area contributed by atoms with Crippen molar-refractivity contribution in [3.63, 3.8) is 0 Å². The number of hydrogen-bond acceptors (Lipinski definition) is 0. The summed E-state index contributed by atoms with van der Waals surface area (Å²) in [6.45, 7) is 3.65. The molecule has 0 saturated carbocycles. The fourth-order valence-corrected chi connectivity index (χ4v) is 1.80. The minimum atomic E-state index is -0.485. The lowest BCUT2D eigenvalue weighted by molar-refractivity contribution is 0.623. The first-order valence-corrected chi connectivity index (χ1v) is 5.16. The van der Waals surface area contributed by atoms with E-state index in [-0.39, 0.29) is 10.9 Å². The van der Waals surface area contributed by atoms with Crippen molar-refractivity contribution in [3.05, 3.63) is 39.6 Å². The molecule has 0 radical (unpaired) electrons. The molecule has 0 fully saturated rings. The second kappa shape index (κ2) is 4.45. The Hall–Kier alpha value is -0.0500. The van der Waals surface area contributed by atoms with Crippen LogP contribution in [0.4, 0.5) is 4.39 Å². The highest BCUT2D eigenvalue weighted by Crippen LogP contribution is 2.30. The molecule has 70 valence electrons. The van der Waals surface area contributed by atoms with E-state index < -0.39 is 5.82 Å². The molecule has 0 nitrogen and oxygen atoms in total. The third-order valence-corrected chi connectivity index (χ3v) is 2.83. The first-order valence-electron chi connectivity index (χ1n) is 3.45. The first-order chi connectivity index (χ1) is 6.07. The molecule has 0 amide bonds. The zero-order valence-electron chi connectivity index (χ0n) is 6.58. The van der Waals surface area contributed by atoms with Crippen LogP contribution in [0.5, 0.6) is 0 Å². The SMILES string of the molecule is C=C(CCl)c1c(Br)ccc(Cl)c1F. The number of rotatable bonds is 2. The Bertz CT molecular complexity index is 350. The lowest BCUT2D eigenvalue weighted by atomic mass is 10.1. The molecule has 0 heterocycles. The van der Waals surface area contributed by atoms with Crippen molar-refractivity contribution < 1.29 is 4.39 Å². The quantitative estimate of drug-likeness (QED) is 0.554. The molecule has 0 N–H and O–H groups in total. The Morgan fingerprint density at radius 1 is 1.54 bits per heavy atom. The van der Waals surface area contributed by atoms with Crippen LogP contribution in [0.2, 0.25) is 5.02 Å². The minimum Gasteiger partial charge on any atom is -0.205 e. The predicted octanol–water partition coefficient (Wildman–Crippen LogP) is 4.49. The molecule has 0 spiro atoms. The van der Waals surface area contributed by atoms with Crippen molar-refractivity contribution in [1.29, 1.82) is 0 Å². The average molecular weight is 284 g/mol. The number of benzene rings is 1. The molecule has 0 bridgehead atoms. The van der Waals surface area contributed by atoms with Gasteiger partial charge in [0.1, 0.15) is 5.82 Å². The van der Waals surface area contributed by atoms with E-state index in [0.29, 0.717) is 15.6 Å². The van der Waals surface area contributed by atoms with Gasteiger partial charge in [0.25, 0.3) is 0 Å². The summed E-state index contributed by atoms with van der Waals surface area (Å²) in [5.74, 6) is -0.308. The van der Waals surface area contributed by atoms with Gasteiger partial charge in [-0.3, -0.25) is 0 Å². The normalized spacial score (nSPS) is 10.2. The maximum atomic E-state index is 13.4. The number of alkyl halides is 1. The zero-order valence-corrected chi connectivity index (χ0v) is 9.68. The first kappa shape index (κ1) is 11.0. The highest BCUT2D eigenvalue weighted by atomic mass is 79.9. The largest absolute Gasteiger partial charge is 0.205 e. The monoisotopic (exact) mass is 282 g/mol. The lowest BCUT2D eigenvalue weighted by Crippen LogP contribution is -1.92. The highest BCUT2D eigenvalue weighted by molar-refractivity contribution is 9.10. The van der Waals surface area contributed by atoms with E-state index in [9.17, 15) is 4.39 Å². The summed E-state index contributed by atoms with van der Waals surface area (Å²) in [5, 5.41) is 0.0736. The Labute approximate surface area is 94.5 Å². The number of halogens is 4. The molecular formula is C9H6BrCl2F. The van der Waals surface area contributed by atoms with Gasteiger partial charge in [-0.05, 0) is 17.7 Å². The second-order valence-electron chi connectivity index (χ2n) is 2.46. The van der Waals surface area contributed by atoms with Crippen molar-refractivity contribution >= 4 is 44.7 Å². The molecule has 0 aliphatic heterocycles. The molecule has 0 saturated heterocycles. The van der Waals surface area contributed by atoms with Crippen molar-refractivity contribution in [2.24, 2.45) is 0 Å². The van der Waals surface area contributed by atoms with Gasteiger partial charge in [-0.2, -0.15) is 0 Å². The summed E-state index contributed by atoms with van der Waals surface area (Å²) in [5.41, 5.74) is 0.857. The van der Waals surface area contributed by atoms with Crippen molar-refractivity contribution in [3.8, 4) is 0 Å². The van der Waals surface area contributed by atoms with E-state index in [4.69, 9.17) is 23.2 Å². The van der Waals surface area contributed by atoms with Crippen molar-refractivity contribution in [2.45, 2.75) is 0 Å². The van der Waals surface area contributed by atoms with E-state index in [1.54, 1.807) is 6.07 Å². The van der Waals surface area contributed by atoms with E-state index in [2.05, 4.69) is 22.5 Å². The van der Waals surface area contributed by atoms with Crippen molar-refractivity contribution in [1.82, 2.24) is 0 Å². The van der Waals surface area contributed by atoms with Crippen LogP contribution in [0.15, 0.2) is 23.2 Å². The number of allylic oxidation sites excluding steroid dienone is 1. The third kappa shape index (κ3) is 2.25. The van der Waals surface area contributed by atoms with Crippen LogP contribution in [-0.2, 0) is 0 Å². The van der Waals surface area contributed by atoms with Crippen LogP contribution in [0, 0.1) is 5.82 Å². The molecule has 0 unspecified atom stereocenters. The van der Waals surface area contributed by atoms with E-state index >= 15 is 0 Å². The van der Waals surface area contributed by atoms with Gasteiger partial charge >= 0.3 is 0 Å². The third-order valence-electron chi connectivity index (χ3n) is 1.56. The topological polar surface area (TPSA) is 0 Å². The molecule has 0 aliphatic rings. The van der Waals surface area contributed by atoms with E-state index in [1.165, 1.54) is 6.07 Å². The Balaban J connectivity index is 3.33. The molecule has 0 aromatic heterocycles. The summed E-state index contributed by atoms with van der Waals surface area (Å²) in [6, 6.07) is 3.14. The van der Waals surface area contributed by atoms with E-state index in [1.807, 2.05) is 0 Å². The minimum absolute atomic E-state index is 0.0736. The molecule has 1 aromatic carbocycles. The van der Waals surface area contributed by atoms with Crippen LogP contribution in [0.1, 0.15) is 5.56 Å². The second-order valence-corrected chi connectivity index (χ2v) is 3.98. The Morgan fingerprint density at radius 3 is 2.69 bits per heavy atom. The van der Waals surface area contributed by atoms with Crippen LogP contribution in [0.25, 0.3) is 5.57 Å². The van der Waals surface area contributed by atoms with E-state index in [0.717, 1.165) is 0 Å². The molecular weight excluding hydrogens is 278 g/mol. The Morgan fingerprint density at radius 2 is 2.15 bits per heavy atom. The molecule has 0 aliphatic carbocycles. The average Bonchev–Trinajstić information content (AvgIpc) is 2.12. The summed E-state index contributed by atoms with van der Waals surface area (Å²) in [6.07, 6.45) is 0. The maximum Gasteiger partial charge on any atom is 0.150 e. The lowest BCUT2D eigenvalue weighted by Gasteiger charge is -2.07. The Kier molecular flexibility index (Phi) is 3.77. The van der Waals surface area contributed by atoms with Gasteiger partial charge in [0, 0.05) is 15.9 Å². The summed E-state index contributed by atoms with van der Waals surface area (Å²) >= 11 is 14.4. The molecule has 13 heavy (non-hydrogen) atoms. The molecule has 4 heteroatoms. The van der Waals surface area contributed by atoms with Crippen LogP contribution < -0.4 is 0 Å². The fourth-order valence-electron chi connectivity index (χ4n) is 0.918. The van der Waals surface area contributed by atoms with Gasteiger partial charge in [-0.25, -0.2) is 4.39 Å². The van der Waals surface area contributed by atoms with Crippen LogP contribution >= 0.6 is 39.1 Å². The zero-order chi connectivity index (χ0) is 10.0. The van der Waals surface area contributed by atoms with Gasteiger partial charge in [-0.1, -0.05) is 34.1 Å². The summed E-state index contributed by atoms with van der Waals surface area (Å²) < 4.78 is 14.0. The van der Waals surface area contributed by atoms with Gasteiger partial charge < -0.3 is 0 Å². The summed E-state index contributed by atoms with van der Waals surface area (Å²) in [4.78, 5) is 0. The van der Waals surface area contributed by atoms with Crippen LogP contribution in [-0.4, -0.2) is 5.88 Å². The molecule has 1 rings (SSSR count). The smallest absolute Gasteiger partial charge is 0.150 e. The van der Waals surface area contributed by atoms with Gasteiger partial charge in [0.05, 0.1) is 5.02 Å². The van der Waals surface area contributed by atoms with Crippen molar-refractivity contribution in [2.75, 3.05) is 5.88 Å². The van der Waals surface area contributed by atoms with Gasteiger partial charge in [-0.15, -0.1) is 11.6 Å². The maximum absolute atomic E-state index is 13.4. The summed E-state index contributed by atoms with van der Waals surface area (Å²) in [7, 11) is 0. The predicted molar refractivity (Wildman–Crippen MR) is 58.9 cm³/mol. The van der Waals surface area contributed by atoms with Gasteiger partial charge in [0.15, 0.2) is 0 Å².